The molecule has 5 heteroatoms. The van der Waals surface area contributed by atoms with Crippen LogP contribution < -0.4 is 0 Å². The lowest BCUT2D eigenvalue weighted by Crippen LogP contribution is -2.00. The second-order valence-electron chi connectivity index (χ2n) is 11.2. The van der Waals surface area contributed by atoms with Gasteiger partial charge in [0.15, 0.2) is 17.5 Å². The Kier molecular flexibility index (Phi) is 5.74. The fourth-order valence-corrected chi connectivity index (χ4v) is 6.24. The highest BCUT2D eigenvalue weighted by Crippen LogP contribution is 2.34. The summed E-state index contributed by atoms with van der Waals surface area (Å²) in [5, 5.41) is 3.60. The van der Waals surface area contributed by atoms with Crippen molar-refractivity contribution in [3.63, 3.8) is 0 Å². The van der Waals surface area contributed by atoms with E-state index in [2.05, 4.69) is 95.4 Å². The van der Waals surface area contributed by atoms with E-state index in [-0.39, 0.29) is 0 Å². The molecular formula is C40H25N5. The molecule has 5 nitrogen and oxygen atoms in total. The van der Waals surface area contributed by atoms with Gasteiger partial charge in [0.05, 0.1) is 16.6 Å². The highest BCUT2D eigenvalue weighted by atomic mass is 15.0. The fourth-order valence-electron chi connectivity index (χ4n) is 6.24. The van der Waals surface area contributed by atoms with Crippen molar-refractivity contribution in [2.24, 2.45) is 0 Å². The van der Waals surface area contributed by atoms with E-state index in [1.165, 1.54) is 10.8 Å². The number of nitrogens with zero attached hydrogens (tertiary/aromatic N) is 5. The lowest BCUT2D eigenvalue weighted by Gasteiger charge is -2.09. The number of pyridine rings is 1. The van der Waals surface area contributed by atoms with Gasteiger partial charge in [0.2, 0.25) is 0 Å². The first kappa shape index (κ1) is 25.3. The largest absolute Gasteiger partial charge is 0.292 e. The van der Waals surface area contributed by atoms with E-state index in [0.29, 0.717) is 17.5 Å². The quantitative estimate of drug-likeness (QED) is 0.196. The minimum Gasteiger partial charge on any atom is -0.292 e. The van der Waals surface area contributed by atoms with Crippen LogP contribution in [0.4, 0.5) is 0 Å². The van der Waals surface area contributed by atoms with Crippen molar-refractivity contribution in [1.82, 2.24) is 24.3 Å². The van der Waals surface area contributed by atoms with E-state index in [1.54, 1.807) is 0 Å². The van der Waals surface area contributed by atoms with Gasteiger partial charge in [-0.1, -0.05) is 133 Å². The summed E-state index contributed by atoms with van der Waals surface area (Å²) in [5.74, 6) is 1.95. The topological polar surface area (TPSA) is 56.0 Å². The zero-order valence-electron chi connectivity index (χ0n) is 24.2. The smallest absolute Gasteiger partial charge is 0.164 e. The number of imidazole rings is 1. The summed E-state index contributed by atoms with van der Waals surface area (Å²) >= 11 is 0. The molecule has 6 aromatic carbocycles. The maximum Gasteiger partial charge on any atom is 0.164 e. The van der Waals surface area contributed by atoms with Crippen LogP contribution in [-0.4, -0.2) is 24.3 Å². The maximum absolute atomic E-state index is 5.16. The van der Waals surface area contributed by atoms with Crippen LogP contribution in [0.1, 0.15) is 0 Å². The van der Waals surface area contributed by atoms with Gasteiger partial charge in [-0.25, -0.2) is 19.9 Å². The van der Waals surface area contributed by atoms with Gasteiger partial charge >= 0.3 is 0 Å². The number of rotatable bonds is 4. The maximum atomic E-state index is 5.16. The van der Waals surface area contributed by atoms with Gasteiger partial charge in [-0.2, -0.15) is 0 Å². The van der Waals surface area contributed by atoms with Gasteiger partial charge in [-0.3, -0.25) is 4.40 Å². The summed E-state index contributed by atoms with van der Waals surface area (Å²) in [6.07, 6.45) is 0. The van der Waals surface area contributed by atoms with E-state index in [9.17, 15) is 0 Å². The van der Waals surface area contributed by atoms with Crippen LogP contribution in [-0.2, 0) is 0 Å². The van der Waals surface area contributed by atoms with E-state index in [1.807, 2.05) is 60.7 Å². The molecule has 210 valence electrons. The Balaban J connectivity index is 1.14. The molecule has 0 fully saturated rings. The molecule has 0 bridgehead atoms. The summed E-state index contributed by atoms with van der Waals surface area (Å²) in [7, 11) is 0. The Morgan fingerprint density at radius 2 is 0.822 bits per heavy atom. The highest BCUT2D eigenvalue weighted by molar-refractivity contribution is 6.13. The van der Waals surface area contributed by atoms with Gasteiger partial charge in [0, 0.05) is 27.5 Å². The van der Waals surface area contributed by atoms with Crippen LogP contribution in [0.25, 0.3) is 83.6 Å². The Morgan fingerprint density at radius 1 is 0.333 bits per heavy atom. The molecule has 0 atom stereocenters. The SMILES string of the molecule is c1ccc(-c2nc(-c3ccccc3)nc(-c3ccc(-c4ccc5c(c4)nc4c6ccccc6c6ccccc6n54)cc3)n2)cc1. The summed E-state index contributed by atoms with van der Waals surface area (Å²) in [6.45, 7) is 0. The van der Waals surface area contributed by atoms with Crippen LogP contribution >= 0.6 is 0 Å². The van der Waals surface area contributed by atoms with E-state index in [4.69, 9.17) is 19.9 Å². The fraction of sp³-hybridized carbons (Fsp3) is 0. The average Bonchev–Trinajstić information content (AvgIpc) is 3.52. The molecule has 0 aliphatic carbocycles. The molecular weight excluding hydrogens is 550 g/mol. The molecule has 3 heterocycles. The lowest BCUT2D eigenvalue weighted by molar-refractivity contribution is 1.07. The molecule has 0 spiro atoms. The number of hydrogen-bond donors (Lipinski definition) is 0. The number of fused-ring (bicyclic) bond motifs is 8. The molecule has 0 saturated heterocycles. The summed E-state index contributed by atoms with van der Waals surface area (Å²) in [5.41, 5.74) is 9.26. The number of benzene rings is 6. The average molecular weight is 576 g/mol. The minimum atomic E-state index is 0.642. The van der Waals surface area contributed by atoms with Gasteiger partial charge < -0.3 is 0 Å². The molecule has 0 amide bonds. The van der Waals surface area contributed by atoms with Crippen molar-refractivity contribution in [3.05, 3.63) is 152 Å². The van der Waals surface area contributed by atoms with Gasteiger partial charge in [-0.15, -0.1) is 0 Å². The number of hydrogen-bond acceptors (Lipinski definition) is 4. The standard InChI is InChI=1S/C40H25N5/c1-3-11-27(12-4-1)37-42-38(28-13-5-2-6-14-28)44-39(43-37)29-21-19-26(20-22-29)30-23-24-36-34(25-30)41-40-33-17-8-7-15-31(33)32-16-9-10-18-35(32)45(36)40/h1-25H. The predicted octanol–water partition coefficient (Wildman–Crippen LogP) is 9.65. The second-order valence-corrected chi connectivity index (χ2v) is 11.2. The zero-order valence-corrected chi connectivity index (χ0v) is 24.2. The molecule has 9 rings (SSSR count). The third kappa shape index (κ3) is 4.25. The van der Waals surface area contributed by atoms with Crippen molar-refractivity contribution < 1.29 is 0 Å². The molecule has 0 N–H and O–H groups in total. The van der Waals surface area contributed by atoms with Crippen molar-refractivity contribution in [3.8, 4) is 45.3 Å². The van der Waals surface area contributed by atoms with Crippen LogP contribution in [0, 0.1) is 0 Å². The zero-order chi connectivity index (χ0) is 29.7. The Labute approximate surface area is 259 Å². The molecule has 9 aromatic rings. The second kappa shape index (κ2) is 10.2. The number of aromatic nitrogens is 5. The van der Waals surface area contributed by atoms with E-state index >= 15 is 0 Å². The molecule has 0 saturated carbocycles. The van der Waals surface area contributed by atoms with Crippen LogP contribution in [0.3, 0.4) is 0 Å². The molecule has 3 aromatic heterocycles. The molecule has 0 radical (unpaired) electrons. The van der Waals surface area contributed by atoms with Crippen molar-refractivity contribution in [2.75, 3.05) is 0 Å². The Morgan fingerprint density at radius 3 is 1.47 bits per heavy atom. The molecule has 0 aliphatic rings. The van der Waals surface area contributed by atoms with Crippen LogP contribution in [0.15, 0.2) is 152 Å². The highest BCUT2D eigenvalue weighted by Gasteiger charge is 2.15. The third-order valence-electron chi connectivity index (χ3n) is 8.43. The first-order valence-corrected chi connectivity index (χ1v) is 15.0. The predicted molar refractivity (Wildman–Crippen MR) is 183 cm³/mol. The lowest BCUT2D eigenvalue weighted by atomic mass is 10.0. The van der Waals surface area contributed by atoms with Gasteiger partial charge in [0.25, 0.3) is 0 Å². The van der Waals surface area contributed by atoms with Crippen molar-refractivity contribution >= 4 is 38.4 Å². The Bertz CT molecular complexity index is 2460. The van der Waals surface area contributed by atoms with E-state index < -0.39 is 0 Å². The van der Waals surface area contributed by atoms with Crippen molar-refractivity contribution in [1.29, 1.82) is 0 Å². The summed E-state index contributed by atoms with van der Waals surface area (Å²) in [4.78, 5) is 19.7. The molecule has 0 aliphatic heterocycles. The first-order valence-electron chi connectivity index (χ1n) is 15.0. The summed E-state index contributed by atoms with van der Waals surface area (Å²) < 4.78 is 2.29. The first-order chi connectivity index (χ1) is 22.3. The third-order valence-corrected chi connectivity index (χ3v) is 8.43. The van der Waals surface area contributed by atoms with Crippen LogP contribution in [0.5, 0.6) is 0 Å². The number of para-hydroxylation sites is 1. The monoisotopic (exact) mass is 575 g/mol. The molecule has 0 unspecified atom stereocenters. The Hall–Kier alpha value is -6.20. The van der Waals surface area contributed by atoms with E-state index in [0.717, 1.165) is 55.4 Å². The molecule has 45 heavy (non-hydrogen) atoms. The normalized spacial score (nSPS) is 11.6. The van der Waals surface area contributed by atoms with Crippen LogP contribution in [0.2, 0.25) is 0 Å². The van der Waals surface area contributed by atoms with Gasteiger partial charge in [-0.05, 0) is 34.7 Å². The summed E-state index contributed by atoms with van der Waals surface area (Å²) in [6, 6.07) is 52.2. The van der Waals surface area contributed by atoms with Gasteiger partial charge in [0.1, 0.15) is 5.65 Å². The minimum absolute atomic E-state index is 0.642. The van der Waals surface area contributed by atoms with Crippen molar-refractivity contribution in [2.45, 2.75) is 0 Å².